The number of hydrogen-bond acceptors (Lipinski definition) is 22. The number of benzene rings is 4. The molecule has 0 saturated heterocycles. The highest BCUT2D eigenvalue weighted by atomic mass is 35.5. The van der Waals surface area contributed by atoms with Crippen LogP contribution in [-0.4, -0.2) is 129 Å². The molecule has 0 heterocycles. The van der Waals surface area contributed by atoms with Gasteiger partial charge >= 0.3 is 16.4 Å². The van der Waals surface area contributed by atoms with Crippen molar-refractivity contribution < 1.29 is 99.2 Å². The van der Waals surface area contributed by atoms with E-state index >= 15 is 0 Å². The van der Waals surface area contributed by atoms with Crippen LogP contribution in [0.4, 0.5) is 11.4 Å². The summed E-state index contributed by atoms with van der Waals surface area (Å²) in [5.41, 5.74) is 3.32. The number of aliphatic hydroxyl groups is 1. The number of hydrogen-bond donors (Lipinski definition) is 7. The highest BCUT2D eigenvalue weighted by molar-refractivity contribution is 7.99. The molecule has 0 saturated carbocycles. The maximum Gasteiger partial charge on any atom is 0.394 e. The monoisotopic (exact) mass is 1230 g/mol. The van der Waals surface area contributed by atoms with E-state index in [1.54, 1.807) is 36.5 Å². The van der Waals surface area contributed by atoms with Crippen LogP contribution in [-0.2, 0) is 59.3 Å². The van der Waals surface area contributed by atoms with Crippen molar-refractivity contribution >= 4 is 128 Å². The Morgan fingerprint density at radius 2 is 0.958 bits per heavy atom. The van der Waals surface area contributed by atoms with Crippen molar-refractivity contribution in [2.75, 3.05) is 51.3 Å². The minimum atomic E-state index is -4.67. The van der Waals surface area contributed by atoms with Crippen LogP contribution in [0.5, 0.6) is 0 Å². The Bertz CT molecular complexity index is 2740. The fourth-order valence-electron chi connectivity index (χ4n) is 3.57. The molecule has 0 unspecified atom stereocenters. The topological polar surface area (TPSA) is 416 Å². The quantitative estimate of drug-likeness (QED) is 0.0332. The lowest BCUT2D eigenvalue weighted by atomic mass is 10.3. The van der Waals surface area contributed by atoms with Crippen LogP contribution in [0.3, 0.4) is 0 Å². The van der Waals surface area contributed by atoms with E-state index in [1.807, 2.05) is 24.3 Å². The zero-order valence-corrected chi connectivity index (χ0v) is 48.8. The standard InChI is InChI=1S/C8H9NO6S2.C8H11NO4S2.C8H10S2.C6H6S2.C4H8O2.C2H3N.CH4O.2ClH.HNO3.H2O4S/c1-16(12,13)7-3-6(9(10)11)4-8(5-7)17(2,14)15;1-14(10,11)7-3-6(9)4-8(5-7)15(2,12)13;1-9-7-4-3-5-8(6-7)10-2;7-5-2-1-3-6(8)4-5;1-3-6-4(2)5;1-2-3;1-2;;;2-1(3)4;1-5(2,3)4/h3-5H,1-2H3;3-5H,9H2,1-2H3;3-6H,1-2H3;1-4,7-8H;3H2,1-2H3;1H3;2H,1H3;2*1H;(H,2,3,4);(H2,1,2,3,4). The van der Waals surface area contributed by atoms with E-state index in [0.29, 0.717) is 12.3 Å². The summed E-state index contributed by atoms with van der Waals surface area (Å²) >= 11 is 11.8. The number of carbonyl (C=O) groups excluding carboxylic acids is 1. The first kappa shape index (κ1) is 82.0. The molecule has 35 heteroatoms. The van der Waals surface area contributed by atoms with Crippen molar-refractivity contribution in [3.63, 3.8) is 0 Å². The highest BCUT2D eigenvalue weighted by Crippen LogP contribution is 2.24. The van der Waals surface area contributed by atoms with Crippen LogP contribution in [0.1, 0.15) is 20.8 Å². The Labute approximate surface area is 451 Å². The largest absolute Gasteiger partial charge is 1.00 e. The number of carbonyl (C=O) groups is 1. The van der Waals surface area contributed by atoms with Crippen LogP contribution in [0, 0.1) is 31.6 Å². The summed E-state index contributed by atoms with van der Waals surface area (Å²) in [5.74, 6) is -0.211. The van der Waals surface area contributed by atoms with E-state index < -0.39 is 75.2 Å². The smallest absolute Gasteiger partial charge is 0.394 e. The van der Waals surface area contributed by atoms with E-state index in [2.05, 4.69) is 72.5 Å². The van der Waals surface area contributed by atoms with Crippen molar-refractivity contribution in [2.45, 2.75) is 59.9 Å². The molecule has 4 rings (SSSR count). The second kappa shape index (κ2) is 41.4. The average molecular weight is 1240 g/mol. The van der Waals surface area contributed by atoms with Crippen molar-refractivity contribution in [1.29, 1.82) is 5.26 Å². The minimum absolute atomic E-state index is 0. The lowest BCUT2D eigenvalue weighted by molar-refractivity contribution is -0.742. The Morgan fingerprint density at radius 3 is 1.14 bits per heavy atom. The van der Waals surface area contributed by atoms with Gasteiger partial charge in [0.25, 0.3) is 10.8 Å². The zero-order chi connectivity index (χ0) is 56.4. The Morgan fingerprint density at radius 1 is 0.694 bits per heavy atom. The molecule has 72 heavy (non-hydrogen) atoms. The molecule has 0 fully saturated rings. The highest BCUT2D eigenvalue weighted by Gasteiger charge is 2.20. The molecule has 412 valence electrons. The summed E-state index contributed by atoms with van der Waals surface area (Å²) in [5, 5.41) is 38.5. The number of sulfone groups is 4. The number of nitrogens with zero attached hydrogens (tertiary/aromatic N) is 3. The lowest BCUT2D eigenvalue weighted by Crippen LogP contribution is -3.00. The number of esters is 1. The zero-order valence-electron chi connectivity index (χ0n) is 39.7. The first-order valence-electron chi connectivity index (χ1n) is 17.8. The number of ether oxygens (including phenoxy) is 1. The van der Waals surface area contributed by atoms with E-state index in [1.165, 1.54) is 35.8 Å². The number of rotatable bonds is 8. The van der Waals surface area contributed by atoms with Gasteiger partial charge in [-0.1, -0.05) is 12.1 Å². The molecule has 0 aromatic heterocycles. The van der Waals surface area contributed by atoms with Gasteiger partial charge in [-0.05, 0) is 68.0 Å². The molecule has 4 aromatic rings. The normalized spacial score (nSPS) is 9.93. The average Bonchev–Trinajstić information content (AvgIpc) is 3.20. The number of halogens is 2. The lowest BCUT2D eigenvalue weighted by Gasteiger charge is -2.02. The molecule has 0 atom stereocenters. The van der Waals surface area contributed by atoms with Gasteiger partial charge in [0.05, 0.1) is 37.2 Å². The predicted molar refractivity (Wildman–Crippen MR) is 277 cm³/mol. The molecule has 4 aromatic carbocycles. The van der Waals surface area contributed by atoms with E-state index in [4.69, 9.17) is 43.2 Å². The van der Waals surface area contributed by atoms with Gasteiger partial charge in [-0.3, -0.25) is 24.0 Å². The van der Waals surface area contributed by atoms with Gasteiger partial charge in [-0.2, -0.15) is 13.7 Å². The molecule has 0 aliphatic carbocycles. The number of thiol groups is 2. The van der Waals surface area contributed by atoms with Gasteiger partial charge in [0, 0.05) is 89.8 Å². The maximum atomic E-state index is 11.3. The molecular weight excluding hydrogens is 1180 g/mol. The van der Waals surface area contributed by atoms with Gasteiger partial charge in [0.1, 0.15) is 5.69 Å². The molecule has 7 N–H and O–H groups in total. The SMILES string of the molecule is CC#N.CCOC(C)=O.CO.CS(=O)(=O)c1cc([N+](=O)[O-])cc(S(C)(=O)=O)c1.CS(=O)(=O)c1cc([NH3+])cc(S(C)(=O)=O)c1.CSc1cccc(SC)c1.Cl.O=S(=O)(O)O.O=[N+]([O-])O.Sc1cccc(S)c1.[Cl-]. The van der Waals surface area contributed by atoms with Gasteiger partial charge in [0.2, 0.25) is 0 Å². The van der Waals surface area contributed by atoms with E-state index in [9.17, 15) is 48.6 Å². The molecule has 0 amide bonds. The van der Waals surface area contributed by atoms with Crippen molar-refractivity contribution in [3.05, 3.63) is 105 Å². The molecular formula is C37H56Cl2N4O20S9. The fourth-order valence-corrected chi connectivity index (χ4v) is 8.03. The summed E-state index contributed by atoms with van der Waals surface area (Å²) in [7, 11) is -17.9. The fraction of sp³-hybridized carbons (Fsp3) is 0.297. The first-order valence-corrected chi connectivity index (χ1v) is 30.1. The summed E-state index contributed by atoms with van der Waals surface area (Å²) < 4.78 is 126. The molecule has 0 radical (unpaired) electrons. The number of aliphatic hydroxyl groups excluding tert-OH is 1. The third-order valence-electron chi connectivity index (χ3n) is 6.18. The van der Waals surface area contributed by atoms with Crippen molar-refractivity contribution in [3.8, 4) is 6.07 Å². The molecule has 0 spiro atoms. The van der Waals surface area contributed by atoms with Crippen LogP contribution in [0.2, 0.25) is 0 Å². The van der Waals surface area contributed by atoms with Crippen LogP contribution < -0.4 is 18.1 Å². The van der Waals surface area contributed by atoms with Gasteiger partial charge in [0.15, 0.2) is 39.3 Å². The third-order valence-corrected chi connectivity index (χ3v) is 12.6. The number of thioether (sulfide) groups is 2. The second-order valence-electron chi connectivity index (χ2n) is 12.1. The number of nitro groups is 1. The van der Waals surface area contributed by atoms with E-state index in [0.717, 1.165) is 66.2 Å². The third kappa shape index (κ3) is 49.6. The van der Waals surface area contributed by atoms with Crippen LogP contribution in [0.25, 0.3) is 0 Å². The Hall–Kier alpha value is -3.99. The molecule has 0 bridgehead atoms. The summed E-state index contributed by atoms with van der Waals surface area (Å²) in [4.78, 5) is 31.6. The van der Waals surface area contributed by atoms with Crippen LogP contribution >= 0.6 is 61.2 Å². The van der Waals surface area contributed by atoms with Crippen molar-refractivity contribution in [2.24, 2.45) is 0 Å². The maximum absolute atomic E-state index is 11.3. The number of nitro benzene ring substituents is 1. The second-order valence-corrected chi connectivity index (χ2v) is 23.8. The summed E-state index contributed by atoms with van der Waals surface area (Å²) in [6.45, 7) is 5.08. The predicted octanol–water partition coefficient (Wildman–Crippen LogP) is 2.30. The van der Waals surface area contributed by atoms with Crippen molar-refractivity contribution in [1.82, 2.24) is 0 Å². The number of nitriles is 1. The Kier molecular flexibility index (Phi) is 47.1. The van der Waals surface area contributed by atoms with Gasteiger partial charge in [-0.25, -0.2) is 33.7 Å². The minimum Gasteiger partial charge on any atom is -1.00 e. The van der Waals surface area contributed by atoms with E-state index in [-0.39, 0.29) is 40.6 Å². The van der Waals surface area contributed by atoms with Gasteiger partial charge in [-0.15, -0.1) is 71.3 Å². The first-order chi connectivity index (χ1) is 31.7. The molecule has 0 aliphatic heterocycles. The number of quaternary nitrogens is 1. The summed E-state index contributed by atoms with van der Waals surface area (Å²) in [6.07, 6.45) is 7.93. The molecule has 0 aliphatic rings. The summed E-state index contributed by atoms with van der Waals surface area (Å²) in [6, 6.07) is 24.3. The van der Waals surface area contributed by atoms with Crippen LogP contribution in [0.15, 0.2) is 124 Å². The Balaban J connectivity index is -0.000000141. The molecule has 24 nitrogen and oxygen atoms in total. The number of non-ortho nitro benzene ring substituents is 1. The van der Waals surface area contributed by atoms with Gasteiger partial charge < -0.3 is 33.2 Å².